The van der Waals surface area contributed by atoms with E-state index in [0.717, 1.165) is 36.3 Å². The van der Waals surface area contributed by atoms with E-state index in [0.29, 0.717) is 11.7 Å². The van der Waals surface area contributed by atoms with Crippen LogP contribution in [0.2, 0.25) is 0 Å². The predicted molar refractivity (Wildman–Crippen MR) is 68.6 cm³/mol. The molecule has 1 aliphatic carbocycles. The minimum atomic E-state index is 0.288. The Hall–Kier alpha value is -1.31. The van der Waals surface area contributed by atoms with Crippen LogP contribution in [0.1, 0.15) is 42.6 Å². The minimum Gasteiger partial charge on any atom is -0.493 e. The number of carbonyl (C=O) groups excluding carboxylic acids is 1. The van der Waals surface area contributed by atoms with Crippen molar-refractivity contribution in [3.8, 4) is 5.75 Å². The maximum Gasteiger partial charge on any atom is 0.166 e. The first-order valence-corrected chi connectivity index (χ1v) is 6.35. The quantitative estimate of drug-likeness (QED) is 0.725. The maximum absolute atomic E-state index is 12.0. The second-order valence-electron chi connectivity index (χ2n) is 5.32. The summed E-state index contributed by atoms with van der Waals surface area (Å²) in [5.41, 5.74) is 1.90. The van der Waals surface area contributed by atoms with Gasteiger partial charge in [0, 0.05) is 11.5 Å². The first-order chi connectivity index (χ1) is 8.08. The van der Waals surface area contributed by atoms with Gasteiger partial charge in [-0.2, -0.15) is 0 Å². The van der Waals surface area contributed by atoms with Crippen LogP contribution >= 0.6 is 0 Å². The Morgan fingerprint density at radius 2 is 2.12 bits per heavy atom. The van der Waals surface area contributed by atoms with Crippen LogP contribution in [0.3, 0.4) is 0 Å². The second kappa shape index (κ2) is 4.91. The average Bonchev–Trinajstić information content (AvgIpc) is 3.09. The first kappa shape index (κ1) is 12.2. The Balaban J connectivity index is 2.08. The maximum atomic E-state index is 12.0. The van der Waals surface area contributed by atoms with Crippen molar-refractivity contribution in [1.29, 1.82) is 0 Å². The van der Waals surface area contributed by atoms with E-state index in [1.54, 1.807) is 0 Å². The van der Waals surface area contributed by atoms with Crippen molar-refractivity contribution in [2.45, 2.75) is 33.6 Å². The Morgan fingerprint density at radius 3 is 2.65 bits per heavy atom. The largest absolute Gasteiger partial charge is 0.493 e. The number of ketones is 1. The SMILES string of the molecule is Cc1cc(OCC(C)C)ccc1C(=O)C1CC1. The molecule has 0 aromatic heterocycles. The molecule has 1 saturated carbocycles. The van der Waals surface area contributed by atoms with Crippen molar-refractivity contribution in [3.63, 3.8) is 0 Å². The highest BCUT2D eigenvalue weighted by Crippen LogP contribution is 2.34. The molecule has 0 atom stereocenters. The Bertz CT molecular complexity index is 417. The highest BCUT2D eigenvalue weighted by Gasteiger charge is 2.31. The molecule has 2 rings (SSSR count). The van der Waals surface area contributed by atoms with Crippen molar-refractivity contribution in [3.05, 3.63) is 29.3 Å². The van der Waals surface area contributed by atoms with Crippen LogP contribution in [0.25, 0.3) is 0 Å². The Labute approximate surface area is 103 Å². The van der Waals surface area contributed by atoms with Crippen LogP contribution in [-0.2, 0) is 0 Å². The molecule has 0 heterocycles. The summed E-state index contributed by atoms with van der Waals surface area (Å²) in [6.07, 6.45) is 2.12. The zero-order valence-corrected chi connectivity index (χ0v) is 10.8. The molecule has 1 aromatic rings. The Kier molecular flexibility index (Phi) is 3.51. The van der Waals surface area contributed by atoms with Crippen molar-refractivity contribution < 1.29 is 9.53 Å². The van der Waals surface area contributed by atoms with Crippen LogP contribution in [0, 0.1) is 18.8 Å². The summed E-state index contributed by atoms with van der Waals surface area (Å²) in [6.45, 7) is 6.95. The molecule has 1 aliphatic rings. The highest BCUT2D eigenvalue weighted by molar-refractivity contribution is 6.00. The van der Waals surface area contributed by atoms with Crippen molar-refractivity contribution in [2.24, 2.45) is 11.8 Å². The topological polar surface area (TPSA) is 26.3 Å². The van der Waals surface area contributed by atoms with Crippen LogP contribution in [0.4, 0.5) is 0 Å². The molecule has 0 aliphatic heterocycles. The Morgan fingerprint density at radius 1 is 1.41 bits per heavy atom. The van der Waals surface area contributed by atoms with Gasteiger partial charge in [-0.3, -0.25) is 4.79 Å². The number of hydrogen-bond acceptors (Lipinski definition) is 2. The van der Waals surface area contributed by atoms with Gasteiger partial charge in [-0.25, -0.2) is 0 Å². The van der Waals surface area contributed by atoms with Gasteiger partial charge in [0.15, 0.2) is 5.78 Å². The van der Waals surface area contributed by atoms with Gasteiger partial charge in [0.05, 0.1) is 6.61 Å². The zero-order valence-electron chi connectivity index (χ0n) is 10.8. The van der Waals surface area contributed by atoms with Crippen molar-refractivity contribution in [1.82, 2.24) is 0 Å². The minimum absolute atomic E-state index is 0.288. The van der Waals surface area contributed by atoms with Gasteiger partial charge in [-0.15, -0.1) is 0 Å². The monoisotopic (exact) mass is 232 g/mol. The third kappa shape index (κ3) is 3.09. The summed E-state index contributed by atoms with van der Waals surface area (Å²) in [7, 11) is 0. The van der Waals surface area contributed by atoms with E-state index in [-0.39, 0.29) is 5.92 Å². The molecule has 0 N–H and O–H groups in total. The molecule has 0 radical (unpaired) electrons. The van der Waals surface area contributed by atoms with Gasteiger partial charge in [-0.05, 0) is 49.4 Å². The molecule has 17 heavy (non-hydrogen) atoms. The van der Waals surface area contributed by atoms with Gasteiger partial charge >= 0.3 is 0 Å². The van der Waals surface area contributed by atoms with Gasteiger partial charge < -0.3 is 4.74 Å². The fourth-order valence-electron chi connectivity index (χ4n) is 1.83. The van der Waals surface area contributed by atoms with Crippen LogP contribution < -0.4 is 4.74 Å². The highest BCUT2D eigenvalue weighted by atomic mass is 16.5. The lowest BCUT2D eigenvalue weighted by Crippen LogP contribution is -2.07. The summed E-state index contributed by atoms with van der Waals surface area (Å²) in [6, 6.07) is 5.79. The van der Waals surface area contributed by atoms with E-state index in [4.69, 9.17) is 4.74 Å². The predicted octanol–water partition coefficient (Wildman–Crippen LogP) is 3.62. The number of aryl methyl sites for hydroxylation is 1. The third-order valence-corrected chi connectivity index (χ3v) is 2.99. The van der Waals surface area contributed by atoms with Crippen molar-refractivity contribution >= 4 is 5.78 Å². The van der Waals surface area contributed by atoms with E-state index in [9.17, 15) is 4.79 Å². The molecule has 1 aromatic carbocycles. The number of carbonyl (C=O) groups is 1. The molecule has 0 amide bonds. The van der Waals surface area contributed by atoms with Gasteiger partial charge in [-0.1, -0.05) is 13.8 Å². The molecule has 1 fully saturated rings. The lowest BCUT2D eigenvalue weighted by Gasteiger charge is -2.11. The third-order valence-electron chi connectivity index (χ3n) is 2.99. The lowest BCUT2D eigenvalue weighted by molar-refractivity contribution is 0.0967. The number of ether oxygens (including phenoxy) is 1. The normalized spacial score (nSPS) is 15.1. The van der Waals surface area contributed by atoms with E-state index in [2.05, 4.69) is 13.8 Å². The van der Waals surface area contributed by atoms with Gasteiger partial charge in [0.2, 0.25) is 0 Å². The lowest BCUT2D eigenvalue weighted by atomic mass is 10.0. The smallest absolute Gasteiger partial charge is 0.166 e. The van der Waals surface area contributed by atoms with Gasteiger partial charge in [0.25, 0.3) is 0 Å². The molecular formula is C15H20O2. The number of benzene rings is 1. The fraction of sp³-hybridized carbons (Fsp3) is 0.533. The molecule has 92 valence electrons. The van der Waals surface area contributed by atoms with E-state index in [1.807, 2.05) is 25.1 Å². The summed E-state index contributed by atoms with van der Waals surface area (Å²) in [5.74, 6) is 1.97. The first-order valence-electron chi connectivity index (χ1n) is 6.35. The van der Waals surface area contributed by atoms with Gasteiger partial charge in [0.1, 0.15) is 5.75 Å². The molecule has 0 bridgehead atoms. The van der Waals surface area contributed by atoms with Crippen LogP contribution in [-0.4, -0.2) is 12.4 Å². The molecule has 0 saturated heterocycles. The second-order valence-corrected chi connectivity index (χ2v) is 5.32. The van der Waals surface area contributed by atoms with Crippen molar-refractivity contribution in [2.75, 3.05) is 6.61 Å². The summed E-state index contributed by atoms with van der Waals surface area (Å²) in [5, 5.41) is 0. The molecule has 2 nitrogen and oxygen atoms in total. The molecule has 2 heteroatoms. The van der Waals surface area contributed by atoms with E-state index < -0.39 is 0 Å². The molecule has 0 spiro atoms. The number of rotatable bonds is 5. The summed E-state index contributed by atoms with van der Waals surface area (Å²) >= 11 is 0. The zero-order chi connectivity index (χ0) is 12.4. The summed E-state index contributed by atoms with van der Waals surface area (Å²) < 4.78 is 5.65. The van der Waals surface area contributed by atoms with Crippen LogP contribution in [0.15, 0.2) is 18.2 Å². The van der Waals surface area contributed by atoms with E-state index in [1.165, 1.54) is 0 Å². The standard InChI is InChI=1S/C15H20O2/c1-10(2)9-17-13-6-7-14(11(3)8-13)15(16)12-4-5-12/h6-8,10,12H,4-5,9H2,1-3H3. The molecular weight excluding hydrogens is 212 g/mol. The number of hydrogen-bond donors (Lipinski definition) is 0. The van der Waals surface area contributed by atoms with E-state index >= 15 is 0 Å². The van der Waals surface area contributed by atoms with Crippen LogP contribution in [0.5, 0.6) is 5.75 Å². The number of Topliss-reactive ketones (excluding diaryl/α,β-unsaturated/α-hetero) is 1. The fourth-order valence-corrected chi connectivity index (χ4v) is 1.83. The average molecular weight is 232 g/mol. The molecule has 0 unspecified atom stereocenters. The summed E-state index contributed by atoms with van der Waals surface area (Å²) in [4.78, 5) is 12.0.